The molecule has 0 amide bonds. The highest BCUT2D eigenvalue weighted by Gasteiger charge is 2.22. The number of H-pyrrole nitrogens is 6. The number of aromatic nitrogens is 24. The second kappa shape index (κ2) is 29.8. The smallest absolute Gasteiger partial charge is 0.164 e. The standard InChI is InChI=1S/C38H24N8.C34H20N8.C28H20N8/c1-3-11-23(12-4-1)25-19-31-39-32(20-25)42-36-28-16-8-10-18-30(28)38(46-36)44-34-22-26(24-13-5-2-6-14-24)21-33(40-34)43-37-29-17-9-7-15-27(29)35(41-31)45-37;1-3-11-21-19(9-1)17-27-35-29(21)39-33-25-15-7-6-14-24(25)32(42-33)38-28-18-20-10-2-4-12-22(20)30(36-28)40-34-26-16-8-5-13-23(26)31(37-27)41-34;1-15-11-21-29-22(12-15)32-26-18-8-4-6-10-20(18)28(36-26)34-24-14-16(2)13-23(30-24)33-27-19-9-5-3-7-17(19)25(31-21)35-27/h1-22H,(H2,39,40,41,42,43,44,45,46);1-18H,(H2,35,36,37,38,39,40,41,42);3-14H,1-2H3,(H2,29,30,31,32,33,34,35,36). The van der Waals surface area contributed by atoms with Gasteiger partial charge in [-0.25, -0.2) is 89.7 Å². The van der Waals surface area contributed by atoms with Crippen LogP contribution in [0.5, 0.6) is 0 Å². The van der Waals surface area contributed by atoms with Gasteiger partial charge in [0.05, 0.1) is 0 Å². The van der Waals surface area contributed by atoms with Crippen molar-refractivity contribution >= 4 is 179 Å². The zero-order valence-corrected chi connectivity index (χ0v) is 66.1. The molecule has 10 aromatic carbocycles. The molecule has 6 N–H and O–H groups in total. The van der Waals surface area contributed by atoms with Crippen molar-refractivity contribution in [3.05, 3.63) is 325 Å². The maximum Gasteiger partial charge on any atom is 0.164 e. The Hall–Kier alpha value is -17.5. The van der Waals surface area contributed by atoms with Gasteiger partial charge >= 0.3 is 0 Å². The fourth-order valence-electron chi connectivity index (χ4n) is 16.2. The maximum atomic E-state index is 5.06. The summed E-state index contributed by atoms with van der Waals surface area (Å²) in [5.74, 6) is 3.70. The van der Waals surface area contributed by atoms with Gasteiger partial charge in [-0.15, -0.1) is 0 Å². The van der Waals surface area contributed by atoms with Crippen LogP contribution in [0.4, 0.5) is 0 Å². The first kappa shape index (κ1) is 71.8. The van der Waals surface area contributed by atoms with Gasteiger partial charge in [0.2, 0.25) is 0 Å². The molecule has 24 heteroatoms. The van der Waals surface area contributed by atoms with Crippen molar-refractivity contribution in [2.75, 3.05) is 0 Å². The first-order chi connectivity index (χ1) is 61.1. The second-order valence-electron chi connectivity index (χ2n) is 30.2. The Kier molecular flexibility index (Phi) is 17.3. The number of benzene rings is 10. The van der Waals surface area contributed by atoms with Crippen LogP contribution in [0.3, 0.4) is 0 Å². The molecular formula is C100H64N24. The SMILES string of the molecule is CC1=Cc2nc3nc(nc4[nH]c(nc5nc(nc([nH]2)=C1)-c1ccccc1-5)C=C(C)C=4)-c1ccccc1-3.c1ccc(-c2cc3nc(c2)nc2[nH]c(nc4cc(-c5ccccc5)cc(n4)nc4[nH]c(n3)c3ccccc43)c3ccccc23)cc1.c1ccc2c(c1)cc1nc2nc2[nH]c(nc3cc4ccccc4c(n3)nc3[nH]c(n1)c1ccccc31)c1ccccc21. The summed E-state index contributed by atoms with van der Waals surface area (Å²) in [6, 6.07) is 96.6. The molecule has 15 heterocycles. The van der Waals surface area contributed by atoms with Crippen LogP contribution in [0.1, 0.15) is 25.5 Å². The highest BCUT2D eigenvalue weighted by molar-refractivity contribution is 6.09. The van der Waals surface area contributed by atoms with Crippen LogP contribution in [0.25, 0.3) is 247 Å². The number of nitrogens with one attached hydrogen (secondary N) is 6. The Balaban J connectivity index is 0.000000108. The lowest BCUT2D eigenvalue weighted by Crippen LogP contribution is -2.15. The van der Waals surface area contributed by atoms with Crippen molar-refractivity contribution < 1.29 is 0 Å². The predicted molar refractivity (Wildman–Crippen MR) is 492 cm³/mol. The van der Waals surface area contributed by atoms with E-state index in [1.165, 1.54) is 0 Å². The molecule has 0 saturated heterocycles. The molecule has 25 rings (SSSR count). The number of hydrogen-bond donors (Lipinski definition) is 6. The lowest BCUT2D eigenvalue weighted by Gasteiger charge is -2.02. The number of nitrogens with zero attached hydrogens (tertiary/aromatic N) is 18. The molecule has 0 unspecified atom stereocenters. The average molecular weight is 1600 g/mol. The fourth-order valence-corrected chi connectivity index (χ4v) is 16.2. The first-order valence-electron chi connectivity index (χ1n) is 40.3. The molecule has 11 aromatic heterocycles. The van der Waals surface area contributed by atoms with Crippen LogP contribution in [0.2, 0.25) is 0 Å². The number of fused-ring (bicyclic) bond motifs is 46. The number of hydrogen-bond acceptors (Lipinski definition) is 18. The lowest BCUT2D eigenvalue weighted by molar-refractivity contribution is 1.01. The monoisotopic (exact) mass is 1600 g/mol. The largest absolute Gasteiger partial charge is 0.325 e. The minimum Gasteiger partial charge on any atom is -0.325 e. The third kappa shape index (κ3) is 13.6. The van der Waals surface area contributed by atoms with Crippen molar-refractivity contribution in [2.24, 2.45) is 0 Å². The lowest BCUT2D eigenvalue weighted by atomic mass is 10.1. The van der Waals surface area contributed by atoms with Crippen LogP contribution >= 0.6 is 0 Å². The van der Waals surface area contributed by atoms with Crippen LogP contribution in [0, 0.1) is 0 Å². The van der Waals surface area contributed by atoms with E-state index in [1.807, 2.05) is 293 Å². The molecule has 0 fully saturated rings. The Labute approximate surface area is 701 Å². The summed E-state index contributed by atoms with van der Waals surface area (Å²) in [5, 5.41) is 11.4. The van der Waals surface area contributed by atoms with Crippen molar-refractivity contribution in [3.8, 4) is 67.8 Å². The van der Waals surface area contributed by atoms with E-state index in [-0.39, 0.29) is 0 Å². The maximum absolute atomic E-state index is 5.06. The summed E-state index contributed by atoms with van der Waals surface area (Å²) in [6.45, 7) is 4.03. The predicted octanol–water partition coefficient (Wildman–Crippen LogP) is 20.1. The van der Waals surface area contributed by atoms with E-state index >= 15 is 0 Å². The molecule has 0 saturated carbocycles. The van der Waals surface area contributed by atoms with Crippen LogP contribution in [-0.4, -0.2) is 120 Å². The van der Waals surface area contributed by atoms with Crippen LogP contribution < -0.4 is 11.0 Å². The topological polar surface area (TPSA) is 327 Å². The van der Waals surface area contributed by atoms with Gasteiger partial charge in [0.25, 0.3) is 0 Å². The molecular weight excluding hydrogens is 1540 g/mol. The third-order valence-corrected chi connectivity index (χ3v) is 21.8. The molecule has 0 aliphatic carbocycles. The van der Waals surface area contributed by atoms with E-state index in [2.05, 4.69) is 66.3 Å². The zero-order valence-electron chi connectivity index (χ0n) is 66.1. The van der Waals surface area contributed by atoms with E-state index < -0.39 is 0 Å². The van der Waals surface area contributed by atoms with Crippen molar-refractivity contribution in [3.63, 3.8) is 0 Å². The van der Waals surface area contributed by atoms with Gasteiger partial charge in [0.1, 0.15) is 67.8 Å². The molecule has 4 aliphatic heterocycles. The fraction of sp³-hybridized carbons (Fsp3) is 0.0200. The van der Waals surface area contributed by atoms with E-state index in [0.29, 0.717) is 136 Å². The van der Waals surface area contributed by atoms with Gasteiger partial charge in [0, 0.05) is 76.1 Å². The van der Waals surface area contributed by atoms with Crippen molar-refractivity contribution in [1.82, 2.24) is 120 Å². The van der Waals surface area contributed by atoms with Gasteiger partial charge in [-0.1, -0.05) is 255 Å². The number of allylic oxidation sites excluding steroid dienone is 2. The molecule has 4 aliphatic rings. The molecule has 124 heavy (non-hydrogen) atoms. The van der Waals surface area contributed by atoms with Crippen LogP contribution in [-0.2, 0) is 0 Å². The summed E-state index contributed by atoms with van der Waals surface area (Å²) in [5.41, 5.74) is 20.7. The highest BCUT2D eigenvalue weighted by atomic mass is 15.1. The van der Waals surface area contributed by atoms with Gasteiger partial charge in [-0.05, 0) is 119 Å². The quantitative estimate of drug-likeness (QED) is 0.0936. The minimum atomic E-state index is 0.526. The number of rotatable bonds is 2. The van der Waals surface area contributed by atoms with Gasteiger partial charge in [-0.2, -0.15) is 0 Å². The minimum absolute atomic E-state index is 0.526. The number of aromatic amines is 6. The molecule has 21 aromatic rings. The Morgan fingerprint density at radius 3 is 0.758 bits per heavy atom. The van der Waals surface area contributed by atoms with E-state index in [4.69, 9.17) is 89.7 Å². The summed E-state index contributed by atoms with van der Waals surface area (Å²) in [6.07, 6.45) is 7.89. The number of pyridine rings is 4. The Bertz CT molecular complexity index is 8180. The van der Waals surface area contributed by atoms with Gasteiger partial charge in [0.15, 0.2) is 68.5 Å². The van der Waals surface area contributed by atoms with Crippen LogP contribution in [0.15, 0.2) is 302 Å². The Morgan fingerprint density at radius 2 is 0.444 bits per heavy atom. The Morgan fingerprint density at radius 1 is 0.185 bits per heavy atom. The average Bonchev–Trinajstić information content (AvgIpc) is 1.59. The summed E-state index contributed by atoms with van der Waals surface area (Å²) in [7, 11) is 0. The second-order valence-corrected chi connectivity index (χ2v) is 30.2. The van der Waals surface area contributed by atoms with Crippen molar-refractivity contribution in [2.45, 2.75) is 13.8 Å². The molecule has 24 bridgehead atoms. The third-order valence-electron chi connectivity index (χ3n) is 21.8. The molecule has 0 radical (unpaired) electrons. The normalized spacial score (nSPS) is 12.2. The highest BCUT2D eigenvalue weighted by Crippen LogP contribution is 2.36. The summed E-state index contributed by atoms with van der Waals surface area (Å²) >= 11 is 0. The van der Waals surface area contributed by atoms with E-state index in [1.54, 1.807) is 0 Å². The summed E-state index contributed by atoms with van der Waals surface area (Å²) < 4.78 is 0. The zero-order chi connectivity index (χ0) is 82.3. The molecule has 0 atom stereocenters. The molecule has 0 spiro atoms. The van der Waals surface area contributed by atoms with Gasteiger partial charge < -0.3 is 29.9 Å². The molecule has 24 nitrogen and oxygen atoms in total. The summed E-state index contributed by atoms with van der Waals surface area (Å²) in [4.78, 5) is 109. The van der Waals surface area contributed by atoms with E-state index in [9.17, 15) is 0 Å². The van der Waals surface area contributed by atoms with Gasteiger partial charge in [-0.3, -0.25) is 0 Å². The van der Waals surface area contributed by atoms with Crippen molar-refractivity contribution in [1.29, 1.82) is 0 Å². The first-order valence-corrected chi connectivity index (χ1v) is 40.3. The molecule has 584 valence electrons. The van der Waals surface area contributed by atoms with E-state index in [0.717, 1.165) is 120 Å².